The number of hydrogen-bond acceptors (Lipinski definition) is 5. The van der Waals surface area contributed by atoms with Gasteiger partial charge >= 0.3 is 0 Å². The van der Waals surface area contributed by atoms with Gasteiger partial charge in [-0.3, -0.25) is 5.41 Å². The zero-order chi connectivity index (χ0) is 19.0. The van der Waals surface area contributed by atoms with E-state index in [1.165, 1.54) is 0 Å². The number of rotatable bonds is 4. The molecule has 0 radical (unpaired) electrons. The first-order chi connectivity index (χ1) is 13.1. The number of fused-ring (bicyclic) bond motifs is 1. The molecule has 4 rings (SSSR count). The topological polar surface area (TPSA) is 126 Å². The van der Waals surface area contributed by atoms with Crippen LogP contribution in [0.5, 0.6) is 5.75 Å². The number of aliphatic imine (C=N–C) groups is 1. The third-order valence-corrected chi connectivity index (χ3v) is 4.71. The molecule has 2 aromatic carbocycles. The number of nitrogen functional groups attached to an aromatic ring is 2. The molecule has 7 heteroatoms. The molecule has 1 aliphatic rings. The number of nitrogens with two attached hydrogens (primary N) is 2. The largest absolute Gasteiger partial charge is 0.497 e. The van der Waals surface area contributed by atoms with Gasteiger partial charge in [-0.1, -0.05) is 18.2 Å². The summed E-state index contributed by atoms with van der Waals surface area (Å²) in [5, 5.41) is 7.77. The molecule has 0 unspecified atom stereocenters. The van der Waals surface area contributed by atoms with Gasteiger partial charge < -0.3 is 21.2 Å². The van der Waals surface area contributed by atoms with E-state index in [4.69, 9.17) is 26.6 Å². The number of nitrogens with zero attached hydrogens (tertiary/aromatic N) is 2. The molecule has 0 saturated heterocycles. The van der Waals surface area contributed by atoms with E-state index < -0.39 is 0 Å². The van der Waals surface area contributed by atoms with Crippen molar-refractivity contribution in [3.05, 3.63) is 59.2 Å². The number of amidine groups is 1. The number of hydrogen-bond donors (Lipinski definition) is 4. The number of anilines is 1. The average molecular weight is 360 g/mol. The number of aromatic amines is 1. The van der Waals surface area contributed by atoms with Crippen molar-refractivity contribution in [1.82, 2.24) is 9.97 Å². The molecule has 0 bridgehead atoms. The quantitative estimate of drug-likeness (QED) is 0.421. The van der Waals surface area contributed by atoms with Crippen molar-refractivity contribution < 1.29 is 4.74 Å². The van der Waals surface area contributed by atoms with E-state index in [0.717, 1.165) is 52.3 Å². The lowest BCUT2D eigenvalue weighted by molar-refractivity contribution is 0.415. The highest BCUT2D eigenvalue weighted by atomic mass is 16.5. The van der Waals surface area contributed by atoms with E-state index in [0.29, 0.717) is 11.8 Å². The Morgan fingerprint density at radius 1 is 1.19 bits per heavy atom. The summed E-state index contributed by atoms with van der Waals surface area (Å²) in [6.07, 6.45) is 1.58. The number of methoxy groups -OCH3 is 1. The van der Waals surface area contributed by atoms with Crippen molar-refractivity contribution in [3.63, 3.8) is 0 Å². The van der Waals surface area contributed by atoms with Crippen molar-refractivity contribution >= 4 is 23.3 Å². The fourth-order valence-electron chi connectivity index (χ4n) is 3.42. The second kappa shape index (κ2) is 6.60. The van der Waals surface area contributed by atoms with Crippen LogP contribution in [0.2, 0.25) is 0 Å². The first-order valence-corrected chi connectivity index (χ1v) is 8.61. The highest BCUT2D eigenvalue weighted by molar-refractivity contribution is 6.09. The lowest BCUT2D eigenvalue weighted by Crippen LogP contribution is -2.13. The number of imidazole rings is 1. The maximum Gasteiger partial charge on any atom is 0.200 e. The van der Waals surface area contributed by atoms with Crippen LogP contribution in [-0.4, -0.2) is 28.6 Å². The predicted molar refractivity (Wildman–Crippen MR) is 107 cm³/mol. The third-order valence-electron chi connectivity index (χ3n) is 4.71. The number of H-pyrrole nitrogens is 1. The molecule has 0 aliphatic heterocycles. The Bertz CT molecular complexity index is 1050. The van der Waals surface area contributed by atoms with Gasteiger partial charge in [0.25, 0.3) is 0 Å². The average Bonchev–Trinajstić information content (AvgIpc) is 3.25. The van der Waals surface area contributed by atoms with Crippen LogP contribution in [0.15, 0.2) is 47.5 Å². The molecule has 3 aromatic rings. The normalized spacial score (nSPS) is 14.3. The fraction of sp³-hybridized carbons (Fsp3) is 0.150. The minimum absolute atomic E-state index is 0.0797. The van der Waals surface area contributed by atoms with Crippen LogP contribution in [0.4, 0.5) is 11.8 Å². The van der Waals surface area contributed by atoms with Crippen molar-refractivity contribution in [2.45, 2.75) is 12.8 Å². The number of aromatic nitrogens is 2. The Balaban J connectivity index is 1.77. The van der Waals surface area contributed by atoms with Gasteiger partial charge in [0.05, 0.1) is 18.5 Å². The Hall–Kier alpha value is -3.61. The maximum absolute atomic E-state index is 7.77. The SMILES string of the molecule is COc1ccc(-c2[nH]c(N)nc2N=C2CCc3c(C(=N)N)cccc32)cc1. The van der Waals surface area contributed by atoms with E-state index >= 15 is 0 Å². The molecule has 0 amide bonds. The first kappa shape index (κ1) is 16.8. The Morgan fingerprint density at radius 3 is 2.67 bits per heavy atom. The van der Waals surface area contributed by atoms with Gasteiger partial charge in [-0.2, -0.15) is 4.98 Å². The molecule has 7 nitrogen and oxygen atoms in total. The highest BCUT2D eigenvalue weighted by Gasteiger charge is 2.22. The Labute approximate surface area is 156 Å². The molecule has 6 N–H and O–H groups in total. The summed E-state index contributed by atoms with van der Waals surface area (Å²) < 4.78 is 5.21. The lowest BCUT2D eigenvalue weighted by Gasteiger charge is -2.06. The van der Waals surface area contributed by atoms with E-state index in [-0.39, 0.29) is 5.84 Å². The zero-order valence-electron chi connectivity index (χ0n) is 14.9. The molecule has 27 heavy (non-hydrogen) atoms. The summed E-state index contributed by atoms with van der Waals surface area (Å²) in [6.45, 7) is 0. The molecule has 136 valence electrons. The van der Waals surface area contributed by atoms with Crippen LogP contribution in [0.25, 0.3) is 11.3 Å². The monoisotopic (exact) mass is 360 g/mol. The molecule has 1 aliphatic carbocycles. The second-order valence-electron chi connectivity index (χ2n) is 6.35. The highest BCUT2D eigenvalue weighted by Crippen LogP contribution is 2.33. The van der Waals surface area contributed by atoms with Gasteiger partial charge in [-0.15, -0.1) is 0 Å². The molecule has 0 fully saturated rings. The van der Waals surface area contributed by atoms with Gasteiger partial charge in [-0.25, -0.2) is 4.99 Å². The smallest absolute Gasteiger partial charge is 0.200 e. The van der Waals surface area contributed by atoms with E-state index in [1.54, 1.807) is 7.11 Å². The van der Waals surface area contributed by atoms with Crippen molar-refractivity contribution in [1.29, 1.82) is 5.41 Å². The molecule has 0 saturated carbocycles. The standard InChI is InChI=1S/C20H20N6O/c1-27-12-7-5-11(6-8-12)17-19(26-20(23)25-17)24-16-10-9-13-14(16)3-2-4-15(13)18(21)22/h2-8H,9-10H2,1H3,(H3,21,22)(H3,23,25,26). The van der Waals surface area contributed by atoms with Crippen molar-refractivity contribution in [2.75, 3.05) is 12.8 Å². The van der Waals surface area contributed by atoms with Gasteiger partial charge in [0, 0.05) is 11.1 Å². The molecule has 0 atom stereocenters. The van der Waals surface area contributed by atoms with Gasteiger partial charge in [0.15, 0.2) is 11.8 Å². The second-order valence-corrected chi connectivity index (χ2v) is 6.35. The van der Waals surface area contributed by atoms with Crippen LogP contribution in [0.3, 0.4) is 0 Å². The fourth-order valence-corrected chi connectivity index (χ4v) is 3.42. The maximum atomic E-state index is 7.77. The lowest BCUT2D eigenvalue weighted by atomic mass is 10.0. The van der Waals surface area contributed by atoms with E-state index in [2.05, 4.69) is 9.97 Å². The number of benzene rings is 2. The van der Waals surface area contributed by atoms with Crippen LogP contribution < -0.4 is 16.2 Å². The Kier molecular flexibility index (Phi) is 4.12. The summed E-state index contributed by atoms with van der Waals surface area (Å²) in [6, 6.07) is 13.4. The van der Waals surface area contributed by atoms with Crippen molar-refractivity contribution in [2.24, 2.45) is 10.7 Å². The molecular weight excluding hydrogens is 340 g/mol. The molecule has 0 spiro atoms. The van der Waals surface area contributed by atoms with Gasteiger partial charge in [0.2, 0.25) is 0 Å². The van der Waals surface area contributed by atoms with Crippen LogP contribution in [-0.2, 0) is 6.42 Å². The van der Waals surface area contributed by atoms with Gasteiger partial charge in [0.1, 0.15) is 11.6 Å². The number of nitrogens with one attached hydrogen (secondary N) is 2. The molecule has 1 aromatic heterocycles. The van der Waals surface area contributed by atoms with Crippen molar-refractivity contribution in [3.8, 4) is 17.0 Å². The van der Waals surface area contributed by atoms with Crippen LogP contribution >= 0.6 is 0 Å². The Morgan fingerprint density at radius 2 is 1.96 bits per heavy atom. The van der Waals surface area contributed by atoms with E-state index in [9.17, 15) is 0 Å². The van der Waals surface area contributed by atoms with E-state index in [1.807, 2.05) is 42.5 Å². The van der Waals surface area contributed by atoms with Crippen LogP contribution in [0.1, 0.15) is 23.1 Å². The minimum atomic E-state index is 0.0797. The number of ether oxygens (including phenoxy) is 1. The van der Waals surface area contributed by atoms with Gasteiger partial charge in [-0.05, 0) is 48.2 Å². The summed E-state index contributed by atoms with van der Waals surface area (Å²) in [7, 11) is 1.63. The summed E-state index contributed by atoms with van der Waals surface area (Å²) in [5.41, 5.74) is 17.1. The molecule has 1 heterocycles. The zero-order valence-corrected chi connectivity index (χ0v) is 14.9. The summed E-state index contributed by atoms with van der Waals surface area (Å²) in [5.74, 6) is 1.72. The minimum Gasteiger partial charge on any atom is -0.497 e. The summed E-state index contributed by atoms with van der Waals surface area (Å²) >= 11 is 0. The first-order valence-electron chi connectivity index (χ1n) is 8.61. The summed E-state index contributed by atoms with van der Waals surface area (Å²) in [4.78, 5) is 12.2. The third kappa shape index (κ3) is 3.03. The predicted octanol–water partition coefficient (Wildman–Crippen LogP) is 3.02. The molecular formula is C20H20N6O. The van der Waals surface area contributed by atoms with Crippen LogP contribution in [0, 0.1) is 5.41 Å².